The summed E-state index contributed by atoms with van der Waals surface area (Å²) in [7, 11) is 0. The molecule has 1 atom stereocenters. The molecule has 0 unspecified atom stereocenters. The zero-order chi connectivity index (χ0) is 20.9. The maximum Gasteiger partial charge on any atom is 0.255 e. The molecule has 0 spiro atoms. The van der Waals surface area contributed by atoms with E-state index in [4.69, 9.17) is 4.74 Å². The second-order valence-electron chi connectivity index (χ2n) is 8.90. The first kappa shape index (κ1) is 21.2. The van der Waals surface area contributed by atoms with Crippen LogP contribution in [0.2, 0.25) is 0 Å². The fourth-order valence-electron chi connectivity index (χ4n) is 4.73. The Morgan fingerprint density at radius 2 is 1.83 bits per heavy atom. The van der Waals surface area contributed by atoms with Crippen molar-refractivity contribution in [1.82, 2.24) is 19.7 Å². The van der Waals surface area contributed by atoms with Crippen LogP contribution in [0.5, 0.6) is 0 Å². The largest absolute Gasteiger partial charge is 0.378 e. The second kappa shape index (κ2) is 9.88. The van der Waals surface area contributed by atoms with Crippen molar-refractivity contribution in [2.24, 2.45) is 5.92 Å². The first-order valence-electron chi connectivity index (χ1n) is 11.5. The molecule has 0 aromatic carbocycles. The average molecular weight is 415 g/mol. The lowest BCUT2D eigenvalue weighted by Crippen LogP contribution is -2.40. The number of pyridine rings is 1. The van der Waals surface area contributed by atoms with Crippen molar-refractivity contribution in [2.75, 3.05) is 52.5 Å². The molecule has 0 saturated carbocycles. The van der Waals surface area contributed by atoms with Gasteiger partial charge in [0.15, 0.2) is 0 Å². The molecule has 3 aliphatic rings. The van der Waals surface area contributed by atoms with Crippen LogP contribution < -0.4 is 0 Å². The van der Waals surface area contributed by atoms with Crippen LogP contribution in [0.3, 0.4) is 0 Å². The third kappa shape index (κ3) is 5.01. The Bertz CT molecular complexity index is 724. The minimum absolute atomic E-state index is 0.00699. The molecule has 0 bridgehead atoms. The summed E-state index contributed by atoms with van der Waals surface area (Å²) in [5.41, 5.74) is 1.50. The van der Waals surface area contributed by atoms with E-state index in [1.54, 1.807) is 6.20 Å². The van der Waals surface area contributed by atoms with Crippen LogP contribution in [-0.2, 0) is 9.53 Å². The quantitative estimate of drug-likeness (QED) is 0.740. The van der Waals surface area contributed by atoms with E-state index in [2.05, 4.69) is 16.8 Å². The van der Waals surface area contributed by atoms with Gasteiger partial charge in [-0.2, -0.15) is 0 Å². The van der Waals surface area contributed by atoms with Gasteiger partial charge in [0.2, 0.25) is 5.91 Å². The van der Waals surface area contributed by atoms with E-state index in [1.807, 2.05) is 21.9 Å². The number of hydrogen-bond donors (Lipinski definition) is 0. The predicted molar refractivity (Wildman–Crippen MR) is 114 cm³/mol. The summed E-state index contributed by atoms with van der Waals surface area (Å²) in [4.78, 5) is 36.4. The summed E-state index contributed by atoms with van der Waals surface area (Å²) in [6.07, 6.45) is 6.67. The van der Waals surface area contributed by atoms with E-state index in [1.165, 1.54) is 12.8 Å². The molecular formula is C23H34N4O3. The first-order valence-corrected chi connectivity index (χ1v) is 11.5. The number of hydrogen-bond acceptors (Lipinski definition) is 5. The molecule has 0 N–H and O–H groups in total. The fourth-order valence-corrected chi connectivity index (χ4v) is 4.73. The normalized spacial score (nSPS) is 23.7. The van der Waals surface area contributed by atoms with Gasteiger partial charge in [0, 0.05) is 38.8 Å². The van der Waals surface area contributed by atoms with Gasteiger partial charge in [0.05, 0.1) is 30.5 Å². The molecule has 4 rings (SSSR count). The van der Waals surface area contributed by atoms with E-state index in [9.17, 15) is 9.59 Å². The van der Waals surface area contributed by atoms with Gasteiger partial charge in [-0.15, -0.1) is 0 Å². The summed E-state index contributed by atoms with van der Waals surface area (Å²) in [6, 6.07) is 3.82. The molecule has 3 aliphatic heterocycles. The van der Waals surface area contributed by atoms with Crippen LogP contribution in [0.4, 0.5) is 0 Å². The number of aromatic nitrogens is 1. The zero-order valence-electron chi connectivity index (χ0n) is 18.1. The lowest BCUT2D eigenvalue weighted by molar-refractivity contribution is -0.132. The van der Waals surface area contributed by atoms with Crippen molar-refractivity contribution in [3.05, 3.63) is 29.6 Å². The average Bonchev–Trinajstić information content (AvgIpc) is 3.29. The van der Waals surface area contributed by atoms with Gasteiger partial charge in [0.1, 0.15) is 0 Å². The standard InChI is InChI=1S/C23H34N4O3/c1-18-6-10-25(11-7-18)12-8-22(28)27-9-2-3-21(27)20-5-4-19(17-24-20)23(29)26-13-15-30-16-14-26/h4-5,17-18,21H,2-3,6-16H2,1H3/t21-/m1/s1. The molecule has 1 aromatic rings. The summed E-state index contributed by atoms with van der Waals surface area (Å²) in [5, 5.41) is 0. The lowest BCUT2D eigenvalue weighted by Gasteiger charge is -2.31. The number of ether oxygens (including phenoxy) is 1. The van der Waals surface area contributed by atoms with Gasteiger partial charge >= 0.3 is 0 Å². The zero-order valence-corrected chi connectivity index (χ0v) is 18.1. The van der Waals surface area contributed by atoms with Crippen LogP contribution in [0.15, 0.2) is 18.3 Å². The number of carbonyl (C=O) groups is 2. The summed E-state index contributed by atoms with van der Waals surface area (Å²) in [5.74, 6) is 1.04. The van der Waals surface area contributed by atoms with Crippen molar-refractivity contribution in [2.45, 2.75) is 45.1 Å². The van der Waals surface area contributed by atoms with Crippen molar-refractivity contribution in [3.8, 4) is 0 Å². The fraction of sp³-hybridized carbons (Fsp3) is 0.696. The molecule has 3 fully saturated rings. The Balaban J connectivity index is 1.33. The van der Waals surface area contributed by atoms with Crippen LogP contribution >= 0.6 is 0 Å². The molecule has 0 aliphatic carbocycles. The molecule has 3 saturated heterocycles. The predicted octanol–water partition coefficient (Wildman–Crippen LogP) is 2.34. The Labute approximate surface area is 179 Å². The monoisotopic (exact) mass is 414 g/mol. The molecule has 30 heavy (non-hydrogen) atoms. The summed E-state index contributed by atoms with van der Waals surface area (Å²) < 4.78 is 5.32. The van der Waals surface area contributed by atoms with Crippen LogP contribution in [0.25, 0.3) is 0 Å². The van der Waals surface area contributed by atoms with E-state index in [0.717, 1.165) is 50.6 Å². The Hall–Kier alpha value is -1.99. The van der Waals surface area contributed by atoms with Crippen molar-refractivity contribution in [1.29, 1.82) is 0 Å². The second-order valence-corrected chi connectivity index (χ2v) is 8.90. The third-order valence-electron chi connectivity index (χ3n) is 6.76. The summed E-state index contributed by atoms with van der Waals surface area (Å²) in [6.45, 7) is 8.62. The number of amides is 2. The van der Waals surface area contributed by atoms with E-state index < -0.39 is 0 Å². The molecule has 4 heterocycles. The van der Waals surface area contributed by atoms with Crippen LogP contribution in [0, 0.1) is 5.92 Å². The highest BCUT2D eigenvalue weighted by Gasteiger charge is 2.31. The number of piperidine rings is 1. The number of carbonyl (C=O) groups excluding carboxylic acids is 2. The smallest absolute Gasteiger partial charge is 0.255 e. The molecule has 1 aromatic heterocycles. The van der Waals surface area contributed by atoms with Gasteiger partial charge < -0.3 is 19.4 Å². The highest BCUT2D eigenvalue weighted by atomic mass is 16.5. The number of nitrogens with zero attached hydrogens (tertiary/aromatic N) is 4. The van der Waals surface area contributed by atoms with Gasteiger partial charge in [-0.1, -0.05) is 6.92 Å². The van der Waals surface area contributed by atoms with E-state index in [-0.39, 0.29) is 17.9 Å². The van der Waals surface area contributed by atoms with E-state index in [0.29, 0.717) is 38.3 Å². The van der Waals surface area contributed by atoms with Crippen LogP contribution in [0.1, 0.15) is 61.1 Å². The maximum absolute atomic E-state index is 12.9. The Morgan fingerprint density at radius 3 is 2.53 bits per heavy atom. The molecule has 7 heteroatoms. The Morgan fingerprint density at radius 1 is 1.07 bits per heavy atom. The third-order valence-corrected chi connectivity index (χ3v) is 6.76. The molecule has 2 amide bonds. The van der Waals surface area contributed by atoms with Gasteiger partial charge in [-0.3, -0.25) is 14.6 Å². The number of likely N-dealkylation sites (tertiary alicyclic amines) is 2. The molecular weight excluding hydrogens is 380 g/mol. The molecule has 7 nitrogen and oxygen atoms in total. The van der Waals surface area contributed by atoms with Crippen LogP contribution in [-0.4, -0.2) is 84.0 Å². The van der Waals surface area contributed by atoms with Gasteiger partial charge in [0.25, 0.3) is 5.91 Å². The molecule has 164 valence electrons. The molecule has 0 radical (unpaired) electrons. The summed E-state index contributed by atoms with van der Waals surface area (Å²) >= 11 is 0. The van der Waals surface area contributed by atoms with Crippen molar-refractivity contribution in [3.63, 3.8) is 0 Å². The number of morpholine rings is 1. The maximum atomic E-state index is 12.9. The van der Waals surface area contributed by atoms with Crippen molar-refractivity contribution < 1.29 is 14.3 Å². The van der Waals surface area contributed by atoms with Gasteiger partial charge in [-0.25, -0.2) is 0 Å². The highest BCUT2D eigenvalue weighted by molar-refractivity contribution is 5.94. The van der Waals surface area contributed by atoms with E-state index >= 15 is 0 Å². The van der Waals surface area contributed by atoms with Gasteiger partial charge in [-0.05, 0) is 56.8 Å². The minimum Gasteiger partial charge on any atom is -0.378 e. The Kier molecular flexibility index (Phi) is 7.00. The first-order chi connectivity index (χ1) is 14.6. The van der Waals surface area contributed by atoms with Crippen molar-refractivity contribution >= 4 is 11.8 Å². The topological polar surface area (TPSA) is 66.0 Å². The lowest BCUT2D eigenvalue weighted by atomic mass is 9.99. The minimum atomic E-state index is 0.00699. The SMILES string of the molecule is CC1CCN(CCC(=O)N2CCC[C@@H]2c2ccc(C(=O)N3CCOCC3)cn2)CC1. The highest BCUT2D eigenvalue weighted by Crippen LogP contribution is 2.31. The number of rotatable bonds is 5.